The van der Waals surface area contributed by atoms with Crippen LogP contribution in [0.25, 0.3) is 11.1 Å². The van der Waals surface area contributed by atoms with Crippen molar-refractivity contribution in [3.05, 3.63) is 101 Å². The third-order valence-electron chi connectivity index (χ3n) is 16.0. The van der Waals surface area contributed by atoms with Gasteiger partial charge in [-0.3, -0.25) is 24.0 Å². The number of carbonyl (C=O) groups excluding carboxylic acids is 1. The minimum absolute atomic E-state index is 0.00411. The highest BCUT2D eigenvalue weighted by atomic mass is 19.3. The minimum atomic E-state index is -2.65. The molecule has 14 nitrogen and oxygen atoms in total. The van der Waals surface area contributed by atoms with Crippen molar-refractivity contribution in [1.82, 2.24) is 34.7 Å². The van der Waals surface area contributed by atoms with Crippen LogP contribution in [0.15, 0.2) is 67.0 Å². The second-order valence-corrected chi connectivity index (χ2v) is 21.3. The number of carbonyl (C=O) groups is 1. The average molecular weight is 958 g/mol. The van der Waals surface area contributed by atoms with Crippen molar-refractivity contribution in [3.8, 4) is 34.4 Å². The van der Waals surface area contributed by atoms with Crippen LogP contribution in [0.5, 0.6) is 17.2 Å². The van der Waals surface area contributed by atoms with Crippen molar-refractivity contribution >= 4 is 17.4 Å². The lowest BCUT2D eigenvalue weighted by atomic mass is 9.49. The second kappa shape index (κ2) is 18.6. The van der Waals surface area contributed by atoms with Gasteiger partial charge in [-0.05, 0) is 92.3 Å². The maximum absolute atomic E-state index is 14.8. The predicted octanol–water partition coefficient (Wildman–Crippen LogP) is 8.74. The number of nitrogens with one attached hydrogen (secondary N) is 1. The molecule has 2 aromatic heterocycles. The van der Waals surface area contributed by atoms with Gasteiger partial charge in [-0.1, -0.05) is 27.7 Å². The van der Waals surface area contributed by atoms with Gasteiger partial charge >= 0.3 is 0 Å². The number of aromatic nitrogens is 4. The Morgan fingerprint density at radius 2 is 1.67 bits per heavy atom. The molecule has 3 aromatic carbocycles. The predicted molar refractivity (Wildman–Crippen MR) is 262 cm³/mol. The third kappa shape index (κ3) is 8.68. The maximum atomic E-state index is 14.8. The summed E-state index contributed by atoms with van der Waals surface area (Å²) < 4.78 is 51.7. The summed E-state index contributed by atoms with van der Waals surface area (Å²) in [4.78, 5) is 20.4. The zero-order chi connectivity index (χ0) is 49.2. The summed E-state index contributed by atoms with van der Waals surface area (Å²) in [5.74, 6) is 2.50. The van der Waals surface area contributed by atoms with E-state index in [4.69, 9.17) is 19.3 Å². The summed E-state index contributed by atoms with van der Waals surface area (Å²) in [6.45, 7) is 14.0. The summed E-state index contributed by atoms with van der Waals surface area (Å²) in [5, 5.41) is 33.0. The second-order valence-electron chi connectivity index (χ2n) is 21.3. The van der Waals surface area contributed by atoms with E-state index in [0.717, 1.165) is 93.0 Å². The number of alkyl halides is 2. The van der Waals surface area contributed by atoms with Crippen LogP contribution in [0.1, 0.15) is 117 Å². The lowest BCUT2D eigenvalue weighted by molar-refractivity contribution is -0.164. The molecule has 1 saturated heterocycles. The molecule has 5 aliphatic rings. The molecule has 3 fully saturated rings. The average Bonchev–Trinajstić information content (AvgIpc) is 3.96. The number of nitriles is 1. The number of amides is 1. The number of aliphatic hydroxyl groups excluding tert-OH is 1. The van der Waals surface area contributed by atoms with Crippen LogP contribution in [0.3, 0.4) is 0 Å². The van der Waals surface area contributed by atoms with Gasteiger partial charge in [0.1, 0.15) is 41.8 Å². The smallest absolute Gasteiger partial charge is 0.264 e. The fraction of sp³-hybridized carbons (Fsp3) is 0.519. The lowest BCUT2D eigenvalue weighted by Crippen LogP contribution is -2.74. The monoisotopic (exact) mass is 958 g/mol. The number of piperidine rings is 1. The van der Waals surface area contributed by atoms with Gasteiger partial charge in [-0.25, -0.2) is 8.78 Å². The molecule has 2 aliphatic carbocycles. The Balaban J connectivity index is 0.751. The van der Waals surface area contributed by atoms with Crippen LogP contribution >= 0.6 is 0 Å². The van der Waals surface area contributed by atoms with E-state index >= 15 is 0 Å². The summed E-state index contributed by atoms with van der Waals surface area (Å²) in [6.07, 6.45) is 6.28. The van der Waals surface area contributed by atoms with Crippen LogP contribution in [0.4, 0.5) is 20.3 Å². The number of likely N-dealkylation sites (tertiary alicyclic amines) is 1. The fourth-order valence-electron chi connectivity index (χ4n) is 12.4. The molecule has 70 heavy (non-hydrogen) atoms. The number of nitrogens with zero attached hydrogens (tertiary/aromatic N) is 8. The highest BCUT2D eigenvalue weighted by Gasteiger charge is 2.64. The van der Waals surface area contributed by atoms with Crippen molar-refractivity contribution in [1.29, 1.82) is 5.26 Å². The highest BCUT2D eigenvalue weighted by Crippen LogP contribution is 2.56. The van der Waals surface area contributed by atoms with Gasteiger partial charge < -0.3 is 29.5 Å². The summed E-state index contributed by atoms with van der Waals surface area (Å²) in [6, 6.07) is 18.9. The van der Waals surface area contributed by atoms with Gasteiger partial charge in [0.25, 0.3) is 12.3 Å². The standard InChI is InChI=1S/C54H65F2N9O5/c1-32(66)63-22-18-45-44(31-63)49(64-19-8-9-34-23-42(36-29-58-61(6)30-36)43(48(55)56)27-46(34)64)60-65(45)37-16-20-62(21-17-37)38-24-41(25-38)69-39-13-10-33(11-14-39)50(67)59-51-53(2,3)52(54(51,4)5)70-40-15-12-35(28-57)47(26-40)68-7/h10-15,23,26-27,29-30,32,37-38,41,48,51-52,66H,8-9,16-22,24-25,31H2,1-7H3,(H,59,67). The van der Waals surface area contributed by atoms with E-state index in [2.05, 4.69) is 63.6 Å². The van der Waals surface area contributed by atoms with Crippen LogP contribution in [0, 0.1) is 22.2 Å². The van der Waals surface area contributed by atoms with Crippen molar-refractivity contribution in [2.24, 2.45) is 17.9 Å². The largest absolute Gasteiger partial charge is 0.495 e. The van der Waals surface area contributed by atoms with E-state index in [0.29, 0.717) is 52.9 Å². The minimum Gasteiger partial charge on any atom is -0.495 e. The zero-order valence-electron chi connectivity index (χ0n) is 41.3. The molecule has 5 heterocycles. The maximum Gasteiger partial charge on any atom is 0.264 e. The first kappa shape index (κ1) is 47.6. The quantitative estimate of drug-likeness (QED) is 0.117. The van der Waals surface area contributed by atoms with E-state index in [1.165, 1.54) is 12.8 Å². The molecule has 3 aliphatic heterocycles. The first-order valence-electron chi connectivity index (χ1n) is 24.8. The Kier molecular flexibility index (Phi) is 12.7. The first-order chi connectivity index (χ1) is 33.5. The van der Waals surface area contributed by atoms with E-state index in [-0.39, 0.29) is 46.6 Å². The number of aryl methyl sites for hydroxylation is 2. The molecule has 0 bridgehead atoms. The molecule has 2 saturated carbocycles. The molecule has 1 amide bonds. The third-order valence-corrected chi connectivity index (χ3v) is 16.0. The van der Waals surface area contributed by atoms with Crippen molar-refractivity contribution in [2.45, 2.75) is 129 Å². The molecular weight excluding hydrogens is 893 g/mol. The molecule has 0 radical (unpaired) electrons. The van der Waals surface area contributed by atoms with Gasteiger partial charge in [0.05, 0.1) is 24.9 Å². The van der Waals surface area contributed by atoms with Crippen LogP contribution in [-0.2, 0) is 26.4 Å². The lowest BCUT2D eigenvalue weighted by Gasteiger charge is -2.63. The number of fused-ring (bicyclic) bond motifs is 2. The first-order valence-corrected chi connectivity index (χ1v) is 24.8. The Labute approximate surface area is 409 Å². The number of halogens is 2. The van der Waals surface area contributed by atoms with E-state index in [1.54, 1.807) is 55.3 Å². The Morgan fingerprint density at radius 1 is 0.943 bits per heavy atom. The number of hydrogen-bond acceptors (Lipinski definition) is 11. The molecular formula is C54H65F2N9O5. The fourth-order valence-corrected chi connectivity index (χ4v) is 12.4. The molecule has 0 spiro atoms. The number of methoxy groups -OCH3 is 1. The van der Waals surface area contributed by atoms with E-state index in [9.17, 15) is 23.9 Å². The van der Waals surface area contributed by atoms with Crippen LogP contribution in [0.2, 0.25) is 0 Å². The summed E-state index contributed by atoms with van der Waals surface area (Å²) in [5.41, 5.74) is 5.56. The summed E-state index contributed by atoms with van der Waals surface area (Å²) in [7, 11) is 3.33. The SMILES string of the molecule is COc1cc(OC2C(C)(C)C(NC(=O)c3ccc(OC4CC(N5CCC(n6nc(N7CCCc8cc(-c9cnn(C)c9)c(C(F)F)cc87)c7c6CCN(C(C)O)C7)CC5)C4)cc3)C2(C)C)ccc1C#N. The summed E-state index contributed by atoms with van der Waals surface area (Å²) >= 11 is 0. The molecule has 1 atom stereocenters. The van der Waals surface area contributed by atoms with Crippen molar-refractivity contribution < 1.29 is 32.9 Å². The number of rotatable bonds is 13. The Morgan fingerprint density at radius 3 is 2.33 bits per heavy atom. The number of aliphatic hydroxyl groups is 1. The molecule has 16 heteroatoms. The highest BCUT2D eigenvalue weighted by molar-refractivity contribution is 5.94. The van der Waals surface area contributed by atoms with Gasteiger partial charge in [0, 0.05) is 128 Å². The van der Waals surface area contributed by atoms with Crippen LogP contribution in [-0.4, -0.2) is 104 Å². The molecule has 10 rings (SSSR count). The molecule has 5 aromatic rings. The van der Waals surface area contributed by atoms with Crippen molar-refractivity contribution in [2.75, 3.05) is 38.2 Å². The van der Waals surface area contributed by atoms with Gasteiger partial charge in [0.2, 0.25) is 0 Å². The van der Waals surface area contributed by atoms with Gasteiger partial charge in [-0.15, -0.1) is 0 Å². The number of benzene rings is 3. The normalized spacial score (nSPS) is 23.6. The topological polar surface area (TPSA) is 146 Å². The van der Waals surface area contributed by atoms with E-state index < -0.39 is 12.7 Å². The van der Waals surface area contributed by atoms with Crippen LogP contribution < -0.4 is 24.4 Å². The zero-order valence-corrected chi connectivity index (χ0v) is 41.3. The molecule has 1 unspecified atom stereocenters. The number of ether oxygens (including phenoxy) is 3. The Bertz CT molecular complexity index is 2770. The number of anilines is 2. The van der Waals surface area contributed by atoms with E-state index in [1.807, 2.05) is 30.3 Å². The van der Waals surface area contributed by atoms with Gasteiger partial charge in [0.15, 0.2) is 5.82 Å². The Hall–Kier alpha value is -6.02. The molecule has 2 N–H and O–H groups in total. The van der Waals surface area contributed by atoms with Gasteiger partial charge in [-0.2, -0.15) is 15.5 Å². The van der Waals surface area contributed by atoms with Crippen molar-refractivity contribution in [3.63, 3.8) is 0 Å². The number of hydrogen-bond donors (Lipinski definition) is 2. The molecule has 370 valence electrons.